The van der Waals surface area contributed by atoms with Gasteiger partial charge in [-0.1, -0.05) is 6.92 Å². The summed E-state index contributed by atoms with van der Waals surface area (Å²) in [5, 5.41) is 6.45. The van der Waals surface area contributed by atoms with Gasteiger partial charge in [0.25, 0.3) is 5.91 Å². The second kappa shape index (κ2) is 8.67. The maximum Gasteiger partial charge on any atom is 0.253 e. The summed E-state index contributed by atoms with van der Waals surface area (Å²) in [7, 11) is 0. The smallest absolute Gasteiger partial charge is 0.253 e. The molecule has 2 saturated heterocycles. The van der Waals surface area contributed by atoms with E-state index in [-0.39, 0.29) is 11.8 Å². The number of hydrogen-bond acceptors (Lipinski definition) is 3. The number of anilines is 1. The normalized spacial score (nSPS) is 21.5. The van der Waals surface area contributed by atoms with Gasteiger partial charge in [0.1, 0.15) is 0 Å². The van der Waals surface area contributed by atoms with Gasteiger partial charge in [0, 0.05) is 30.8 Å². The van der Waals surface area contributed by atoms with E-state index in [1.807, 2.05) is 30.0 Å². The average Bonchev–Trinajstić information content (AvgIpc) is 3.18. The van der Waals surface area contributed by atoms with Crippen molar-refractivity contribution in [3.8, 4) is 0 Å². The minimum Gasteiger partial charge on any atom is -0.339 e. The van der Waals surface area contributed by atoms with Gasteiger partial charge in [-0.25, -0.2) is 0 Å². The molecule has 2 aliphatic rings. The zero-order valence-corrected chi connectivity index (χ0v) is 16.0. The molecule has 0 aromatic heterocycles. The fraction of sp³-hybridized carbons (Fsp3) is 0.619. The van der Waals surface area contributed by atoms with E-state index in [0.29, 0.717) is 23.8 Å². The molecule has 2 amide bonds. The molecule has 2 N–H and O–H groups in total. The Hall–Kier alpha value is -1.88. The number of likely N-dealkylation sites (tertiary alicyclic amines) is 1. The number of aryl methyl sites for hydroxylation is 1. The maximum atomic E-state index is 12.5. The molecule has 3 rings (SSSR count). The van der Waals surface area contributed by atoms with Crippen molar-refractivity contribution in [1.82, 2.24) is 10.2 Å². The average molecular weight is 357 g/mol. The van der Waals surface area contributed by atoms with Crippen molar-refractivity contribution in [2.75, 3.05) is 31.5 Å². The second-order valence-electron chi connectivity index (χ2n) is 7.87. The van der Waals surface area contributed by atoms with Gasteiger partial charge in [0.15, 0.2) is 0 Å². The highest BCUT2D eigenvalue weighted by Crippen LogP contribution is 2.24. The third-order valence-electron chi connectivity index (χ3n) is 5.79. The quantitative estimate of drug-likeness (QED) is 0.851. The largest absolute Gasteiger partial charge is 0.339 e. The topological polar surface area (TPSA) is 61.4 Å². The zero-order valence-electron chi connectivity index (χ0n) is 16.0. The van der Waals surface area contributed by atoms with Crippen LogP contribution in [-0.2, 0) is 4.79 Å². The lowest BCUT2D eigenvalue weighted by Gasteiger charge is -2.28. The number of carbonyl (C=O) groups excluding carboxylic acids is 2. The van der Waals surface area contributed by atoms with E-state index in [4.69, 9.17) is 0 Å². The van der Waals surface area contributed by atoms with E-state index < -0.39 is 0 Å². The van der Waals surface area contributed by atoms with Crippen LogP contribution in [0.15, 0.2) is 18.2 Å². The third-order valence-corrected chi connectivity index (χ3v) is 5.79. The van der Waals surface area contributed by atoms with Crippen LogP contribution >= 0.6 is 0 Å². The van der Waals surface area contributed by atoms with E-state index in [1.54, 1.807) is 0 Å². The summed E-state index contributed by atoms with van der Waals surface area (Å²) in [5.74, 6) is 1.11. The predicted octanol–water partition coefficient (Wildman–Crippen LogP) is 3.20. The first-order chi connectivity index (χ1) is 12.5. The van der Waals surface area contributed by atoms with E-state index in [2.05, 4.69) is 17.6 Å². The Bertz CT molecular complexity index is 647. The highest BCUT2D eigenvalue weighted by molar-refractivity contribution is 5.96. The number of rotatable bonds is 5. The number of benzene rings is 1. The lowest BCUT2D eigenvalue weighted by atomic mass is 9.85. The van der Waals surface area contributed by atoms with Crippen LogP contribution < -0.4 is 10.6 Å². The van der Waals surface area contributed by atoms with Gasteiger partial charge in [0.05, 0.1) is 0 Å². The lowest BCUT2D eigenvalue weighted by molar-refractivity contribution is -0.117. The van der Waals surface area contributed by atoms with Crippen LogP contribution in [0, 0.1) is 18.8 Å². The van der Waals surface area contributed by atoms with Gasteiger partial charge >= 0.3 is 0 Å². The van der Waals surface area contributed by atoms with Gasteiger partial charge in [-0.15, -0.1) is 0 Å². The molecule has 2 fully saturated rings. The van der Waals surface area contributed by atoms with Gasteiger partial charge in [-0.2, -0.15) is 0 Å². The van der Waals surface area contributed by atoms with Crippen molar-refractivity contribution in [1.29, 1.82) is 0 Å². The molecule has 0 aliphatic carbocycles. The third kappa shape index (κ3) is 4.64. The lowest BCUT2D eigenvalue weighted by Crippen LogP contribution is -2.34. The van der Waals surface area contributed by atoms with E-state index in [1.165, 1.54) is 12.8 Å². The SMILES string of the molecule is Cc1cc(C(=O)N2CCCC2)ccc1NC(=O)CC(C)C1CCCNC1. The molecule has 2 atom stereocenters. The number of piperidine rings is 1. The molecule has 1 aromatic carbocycles. The molecule has 1 aromatic rings. The number of carbonyl (C=O) groups is 2. The molecule has 2 aliphatic heterocycles. The number of nitrogens with zero attached hydrogens (tertiary/aromatic N) is 1. The van der Waals surface area contributed by atoms with Crippen molar-refractivity contribution in [3.05, 3.63) is 29.3 Å². The zero-order chi connectivity index (χ0) is 18.5. The number of hydrogen-bond donors (Lipinski definition) is 2. The summed E-state index contributed by atoms with van der Waals surface area (Å²) < 4.78 is 0. The minimum atomic E-state index is 0.0600. The summed E-state index contributed by atoms with van der Waals surface area (Å²) >= 11 is 0. The first kappa shape index (κ1) is 18.9. The Morgan fingerprint density at radius 2 is 2.04 bits per heavy atom. The molecule has 0 spiro atoms. The van der Waals surface area contributed by atoms with Crippen molar-refractivity contribution in [2.45, 2.75) is 46.0 Å². The number of nitrogens with one attached hydrogen (secondary N) is 2. The molecule has 0 bridgehead atoms. The number of amides is 2. The van der Waals surface area contributed by atoms with E-state index >= 15 is 0 Å². The molecular weight excluding hydrogens is 326 g/mol. The minimum absolute atomic E-state index is 0.0600. The van der Waals surface area contributed by atoms with Crippen LogP contribution in [0.3, 0.4) is 0 Å². The standard InChI is InChI=1S/C21H31N3O2/c1-15(18-6-5-9-22-14-18)13-20(25)23-19-8-7-17(12-16(19)2)21(26)24-10-3-4-11-24/h7-8,12,15,18,22H,3-6,9-11,13-14H2,1-2H3,(H,23,25). The van der Waals surface area contributed by atoms with Gasteiger partial charge in [0.2, 0.25) is 5.91 Å². The molecular formula is C21H31N3O2. The Kier molecular flexibility index (Phi) is 6.30. The van der Waals surface area contributed by atoms with Crippen LogP contribution in [-0.4, -0.2) is 42.9 Å². The Morgan fingerprint density at radius 1 is 1.27 bits per heavy atom. The van der Waals surface area contributed by atoms with Crippen molar-refractivity contribution >= 4 is 17.5 Å². The molecule has 5 nitrogen and oxygen atoms in total. The predicted molar refractivity (Wildman–Crippen MR) is 104 cm³/mol. The highest BCUT2D eigenvalue weighted by Gasteiger charge is 2.23. The summed E-state index contributed by atoms with van der Waals surface area (Å²) in [5.41, 5.74) is 2.46. The van der Waals surface area contributed by atoms with Gasteiger partial charge < -0.3 is 15.5 Å². The fourth-order valence-corrected chi connectivity index (χ4v) is 4.06. The summed E-state index contributed by atoms with van der Waals surface area (Å²) in [6.07, 6.45) is 5.12. The van der Waals surface area contributed by atoms with Crippen LogP contribution in [0.1, 0.15) is 54.9 Å². The van der Waals surface area contributed by atoms with Crippen LogP contribution in [0.4, 0.5) is 5.69 Å². The Balaban J connectivity index is 1.57. The Morgan fingerprint density at radius 3 is 2.69 bits per heavy atom. The molecule has 5 heteroatoms. The molecule has 142 valence electrons. The van der Waals surface area contributed by atoms with Crippen LogP contribution in [0.5, 0.6) is 0 Å². The molecule has 0 radical (unpaired) electrons. The molecule has 2 unspecified atom stereocenters. The monoisotopic (exact) mass is 357 g/mol. The van der Waals surface area contributed by atoms with Crippen LogP contribution in [0.2, 0.25) is 0 Å². The molecule has 0 saturated carbocycles. The van der Waals surface area contributed by atoms with E-state index in [0.717, 1.165) is 50.3 Å². The van der Waals surface area contributed by atoms with Crippen molar-refractivity contribution < 1.29 is 9.59 Å². The molecule has 26 heavy (non-hydrogen) atoms. The van der Waals surface area contributed by atoms with Crippen molar-refractivity contribution in [3.63, 3.8) is 0 Å². The maximum absolute atomic E-state index is 12.5. The summed E-state index contributed by atoms with van der Waals surface area (Å²) in [6, 6.07) is 5.59. The highest BCUT2D eigenvalue weighted by atomic mass is 16.2. The van der Waals surface area contributed by atoms with Crippen molar-refractivity contribution in [2.24, 2.45) is 11.8 Å². The van der Waals surface area contributed by atoms with Crippen LogP contribution in [0.25, 0.3) is 0 Å². The van der Waals surface area contributed by atoms with Gasteiger partial charge in [-0.3, -0.25) is 9.59 Å². The molecule has 2 heterocycles. The summed E-state index contributed by atoms with van der Waals surface area (Å²) in [4.78, 5) is 26.8. The first-order valence-corrected chi connectivity index (χ1v) is 9.95. The first-order valence-electron chi connectivity index (χ1n) is 9.95. The van der Waals surface area contributed by atoms with Gasteiger partial charge in [-0.05, 0) is 81.3 Å². The second-order valence-corrected chi connectivity index (χ2v) is 7.87. The summed E-state index contributed by atoms with van der Waals surface area (Å²) in [6.45, 7) is 7.93. The fourth-order valence-electron chi connectivity index (χ4n) is 4.06. The van der Waals surface area contributed by atoms with E-state index in [9.17, 15) is 9.59 Å². The Labute approximate surface area is 156 Å².